The van der Waals surface area contributed by atoms with Crippen LogP contribution in [0.15, 0.2) is 17.1 Å². The van der Waals surface area contributed by atoms with Crippen LogP contribution in [0.25, 0.3) is 0 Å². The Morgan fingerprint density at radius 3 is 2.68 bits per heavy atom. The second-order valence-corrected chi connectivity index (χ2v) is 3.90. The number of nitro benzene ring substituents is 1. The van der Waals surface area contributed by atoms with Gasteiger partial charge in [0.25, 0.3) is 0 Å². The predicted molar refractivity (Wildman–Crippen MR) is 61.8 cm³/mol. The number of nitro groups is 1. The number of carbonyl (C=O) groups excluding carboxylic acids is 1. The van der Waals surface area contributed by atoms with E-state index in [1.54, 1.807) is 6.92 Å². The maximum atomic E-state index is 13.9. The second-order valence-electron chi connectivity index (χ2n) is 3.90. The highest BCUT2D eigenvalue weighted by molar-refractivity contribution is 6.14. The molecule has 1 amide bonds. The number of aliphatic imine (C=N–C) groups is 1. The van der Waals surface area contributed by atoms with E-state index < -0.39 is 39.8 Å². The molecule has 1 aliphatic heterocycles. The molecule has 6 nitrogen and oxygen atoms in total. The van der Waals surface area contributed by atoms with Crippen molar-refractivity contribution in [3.05, 3.63) is 39.4 Å². The zero-order chi connectivity index (χ0) is 14.2. The van der Waals surface area contributed by atoms with Crippen LogP contribution in [0, 0.1) is 21.7 Å². The third-order valence-electron chi connectivity index (χ3n) is 2.72. The van der Waals surface area contributed by atoms with Crippen molar-refractivity contribution in [1.29, 1.82) is 0 Å². The molecule has 0 saturated carbocycles. The predicted octanol–water partition coefficient (Wildman–Crippen LogP) is 1.53. The van der Waals surface area contributed by atoms with Gasteiger partial charge in [-0.3, -0.25) is 19.9 Å². The zero-order valence-corrected chi connectivity index (χ0v) is 9.81. The van der Waals surface area contributed by atoms with Gasteiger partial charge in [-0.2, -0.15) is 4.39 Å². The van der Waals surface area contributed by atoms with Crippen LogP contribution >= 0.6 is 0 Å². The van der Waals surface area contributed by atoms with Crippen molar-refractivity contribution in [2.75, 3.05) is 0 Å². The monoisotopic (exact) mass is 269 g/mol. The van der Waals surface area contributed by atoms with Crippen molar-refractivity contribution < 1.29 is 18.5 Å². The molecule has 1 N–H and O–H groups in total. The van der Waals surface area contributed by atoms with E-state index in [4.69, 9.17) is 0 Å². The number of carbonyl (C=O) groups is 1. The van der Waals surface area contributed by atoms with Crippen molar-refractivity contribution in [3.8, 4) is 0 Å². The summed E-state index contributed by atoms with van der Waals surface area (Å²) in [5.41, 5.74) is -1.55. The number of benzene rings is 1. The highest BCUT2D eigenvalue weighted by atomic mass is 19.1. The van der Waals surface area contributed by atoms with Crippen LogP contribution in [0.2, 0.25) is 0 Å². The molecular weight excluding hydrogens is 260 g/mol. The molecule has 0 aliphatic carbocycles. The van der Waals surface area contributed by atoms with Crippen LogP contribution in [0.3, 0.4) is 0 Å². The van der Waals surface area contributed by atoms with E-state index in [2.05, 4.69) is 10.3 Å². The maximum Gasteiger partial charge on any atom is 0.305 e. The SMILES string of the molecule is CCC1N=C(c2c(F)ccc([N+](=O)[O-])c2F)NC1=O. The number of nitrogens with one attached hydrogen (secondary N) is 1. The van der Waals surface area contributed by atoms with E-state index in [0.717, 1.165) is 12.1 Å². The van der Waals surface area contributed by atoms with Gasteiger partial charge in [-0.15, -0.1) is 0 Å². The van der Waals surface area contributed by atoms with Crippen molar-refractivity contribution in [1.82, 2.24) is 5.32 Å². The molecular formula is C11H9F2N3O3. The van der Waals surface area contributed by atoms with Gasteiger partial charge in [0.2, 0.25) is 11.7 Å². The fraction of sp³-hybridized carbons (Fsp3) is 0.273. The molecule has 2 rings (SSSR count). The van der Waals surface area contributed by atoms with Crippen molar-refractivity contribution in [2.45, 2.75) is 19.4 Å². The van der Waals surface area contributed by atoms with Crippen LogP contribution < -0.4 is 5.32 Å². The summed E-state index contributed by atoms with van der Waals surface area (Å²) in [6.07, 6.45) is 0.369. The van der Waals surface area contributed by atoms with E-state index in [0.29, 0.717) is 6.42 Å². The molecule has 0 fully saturated rings. The first-order chi connectivity index (χ1) is 8.95. The molecule has 100 valence electrons. The van der Waals surface area contributed by atoms with Gasteiger partial charge in [0.05, 0.1) is 10.5 Å². The summed E-state index contributed by atoms with van der Waals surface area (Å²) in [6, 6.07) is 0.765. The van der Waals surface area contributed by atoms with Gasteiger partial charge >= 0.3 is 5.69 Å². The first-order valence-electron chi connectivity index (χ1n) is 5.47. The Hall–Kier alpha value is -2.38. The Morgan fingerprint density at radius 1 is 1.47 bits per heavy atom. The average Bonchev–Trinajstić information content (AvgIpc) is 2.70. The normalized spacial score (nSPS) is 18.2. The van der Waals surface area contributed by atoms with Gasteiger partial charge in [0.1, 0.15) is 17.7 Å². The molecule has 0 spiro atoms. The molecule has 0 bridgehead atoms. The minimum atomic E-state index is -1.35. The molecule has 1 aliphatic rings. The number of hydrogen-bond donors (Lipinski definition) is 1. The average molecular weight is 269 g/mol. The van der Waals surface area contributed by atoms with E-state index in [9.17, 15) is 23.7 Å². The Kier molecular flexibility index (Phi) is 3.24. The molecule has 1 heterocycles. The van der Waals surface area contributed by atoms with Gasteiger partial charge in [-0.05, 0) is 12.5 Å². The number of nitrogens with zero attached hydrogens (tertiary/aromatic N) is 2. The number of hydrogen-bond acceptors (Lipinski definition) is 4. The number of amides is 1. The van der Waals surface area contributed by atoms with E-state index >= 15 is 0 Å². The third-order valence-corrected chi connectivity index (χ3v) is 2.72. The molecule has 1 aromatic rings. The summed E-state index contributed by atoms with van der Waals surface area (Å²) < 4.78 is 27.5. The lowest BCUT2D eigenvalue weighted by molar-refractivity contribution is -0.387. The lowest BCUT2D eigenvalue weighted by Crippen LogP contribution is -2.30. The molecule has 0 saturated heterocycles. The fourth-order valence-electron chi connectivity index (χ4n) is 1.75. The maximum absolute atomic E-state index is 13.9. The lowest BCUT2D eigenvalue weighted by atomic mass is 10.1. The number of amidine groups is 1. The van der Waals surface area contributed by atoms with Crippen LogP contribution in [-0.4, -0.2) is 22.7 Å². The molecule has 1 aromatic carbocycles. The van der Waals surface area contributed by atoms with Crippen LogP contribution in [0.5, 0.6) is 0 Å². The van der Waals surface area contributed by atoms with Crippen molar-refractivity contribution in [3.63, 3.8) is 0 Å². The fourth-order valence-corrected chi connectivity index (χ4v) is 1.75. The van der Waals surface area contributed by atoms with E-state index in [-0.39, 0.29) is 5.84 Å². The molecule has 8 heteroatoms. The standard InChI is InChI=1S/C11H9F2N3O3/c1-2-6-11(17)15-10(14-6)8-5(12)3-4-7(9(8)13)16(18)19/h3-4,6H,2H2,1H3,(H,14,15,17). The summed E-state index contributed by atoms with van der Waals surface area (Å²) in [6.45, 7) is 1.69. The van der Waals surface area contributed by atoms with Gasteiger partial charge in [-0.25, -0.2) is 4.39 Å². The van der Waals surface area contributed by atoms with E-state index in [1.165, 1.54) is 0 Å². The van der Waals surface area contributed by atoms with Gasteiger partial charge in [0, 0.05) is 6.07 Å². The van der Waals surface area contributed by atoms with Gasteiger partial charge in [-0.1, -0.05) is 6.92 Å². The Balaban J connectivity index is 2.54. The van der Waals surface area contributed by atoms with Crippen LogP contribution in [0.4, 0.5) is 14.5 Å². The summed E-state index contributed by atoms with van der Waals surface area (Å²) >= 11 is 0. The summed E-state index contributed by atoms with van der Waals surface area (Å²) in [7, 11) is 0. The highest BCUT2D eigenvalue weighted by Crippen LogP contribution is 2.24. The molecule has 0 radical (unpaired) electrons. The lowest BCUT2D eigenvalue weighted by Gasteiger charge is -2.04. The second kappa shape index (κ2) is 4.71. The minimum Gasteiger partial charge on any atom is -0.308 e. The molecule has 1 unspecified atom stereocenters. The molecule has 19 heavy (non-hydrogen) atoms. The first-order valence-corrected chi connectivity index (χ1v) is 5.47. The first kappa shape index (κ1) is 13.1. The molecule has 1 atom stereocenters. The Labute approximate surface area is 106 Å². The van der Waals surface area contributed by atoms with E-state index in [1.807, 2.05) is 0 Å². The summed E-state index contributed by atoms with van der Waals surface area (Å²) in [5.74, 6) is -3.15. The topological polar surface area (TPSA) is 84.6 Å². The van der Waals surface area contributed by atoms with Crippen LogP contribution in [0.1, 0.15) is 18.9 Å². The summed E-state index contributed by atoms with van der Waals surface area (Å²) in [5, 5.41) is 12.8. The Morgan fingerprint density at radius 2 is 2.16 bits per heavy atom. The van der Waals surface area contributed by atoms with Crippen molar-refractivity contribution in [2.24, 2.45) is 4.99 Å². The third kappa shape index (κ3) is 2.16. The molecule has 0 aromatic heterocycles. The van der Waals surface area contributed by atoms with Gasteiger partial charge < -0.3 is 5.32 Å². The highest BCUT2D eigenvalue weighted by Gasteiger charge is 2.31. The smallest absolute Gasteiger partial charge is 0.305 e. The largest absolute Gasteiger partial charge is 0.308 e. The summed E-state index contributed by atoms with van der Waals surface area (Å²) in [4.78, 5) is 24.9. The van der Waals surface area contributed by atoms with Crippen molar-refractivity contribution >= 4 is 17.4 Å². The number of rotatable bonds is 3. The zero-order valence-electron chi connectivity index (χ0n) is 9.81. The number of halogens is 2. The quantitative estimate of drug-likeness (QED) is 0.667. The Bertz CT molecular complexity index is 601. The van der Waals surface area contributed by atoms with Gasteiger partial charge in [0.15, 0.2) is 0 Å². The minimum absolute atomic E-state index is 0.310. The van der Waals surface area contributed by atoms with Crippen LogP contribution in [-0.2, 0) is 4.79 Å².